The summed E-state index contributed by atoms with van der Waals surface area (Å²) < 4.78 is 68.5. The average molecular weight is 1420 g/mol. The Morgan fingerprint density at radius 1 is 0.340 bits per heavy atom. The van der Waals surface area contributed by atoms with Gasteiger partial charge in [0.25, 0.3) is 0 Å². The van der Waals surface area contributed by atoms with Crippen LogP contribution in [-0.4, -0.2) is 96.7 Å². The smallest absolute Gasteiger partial charge is 0.462 e. The average Bonchev–Trinajstić information content (AvgIpc) is 1.78. The molecule has 0 aliphatic heterocycles. The van der Waals surface area contributed by atoms with Gasteiger partial charge in [-0.05, 0) is 69.1 Å². The third-order valence-electron chi connectivity index (χ3n) is 17.9. The number of allylic oxidation sites excluding steroid dienone is 4. The molecule has 0 aromatic rings. The number of aliphatic hydroxyl groups is 1. The van der Waals surface area contributed by atoms with Gasteiger partial charge in [-0.2, -0.15) is 0 Å². The molecule has 3 N–H and O–H groups in total. The van der Waals surface area contributed by atoms with Gasteiger partial charge in [-0.25, -0.2) is 9.13 Å². The lowest BCUT2D eigenvalue weighted by Gasteiger charge is -2.21. The van der Waals surface area contributed by atoms with Crippen LogP contribution in [0.5, 0.6) is 0 Å². The molecule has 6 atom stereocenters. The van der Waals surface area contributed by atoms with E-state index in [1.807, 2.05) is 0 Å². The maximum Gasteiger partial charge on any atom is 0.472 e. The topological polar surface area (TPSA) is 237 Å². The molecule has 0 spiro atoms. The van der Waals surface area contributed by atoms with Gasteiger partial charge in [0, 0.05) is 25.7 Å². The third-order valence-corrected chi connectivity index (χ3v) is 19.8. The molecule has 17 nitrogen and oxygen atoms in total. The number of esters is 4. The van der Waals surface area contributed by atoms with Gasteiger partial charge in [-0.3, -0.25) is 37.3 Å². The van der Waals surface area contributed by atoms with E-state index in [-0.39, 0.29) is 25.7 Å². The minimum atomic E-state index is -4.96. The number of hydrogen-bond acceptors (Lipinski definition) is 15. The molecule has 0 amide bonds. The van der Waals surface area contributed by atoms with Crippen molar-refractivity contribution in [2.24, 2.45) is 17.8 Å². The van der Waals surface area contributed by atoms with Crippen LogP contribution in [-0.2, 0) is 65.4 Å². The van der Waals surface area contributed by atoms with Crippen LogP contribution in [0.4, 0.5) is 0 Å². The van der Waals surface area contributed by atoms with Crippen LogP contribution in [0.3, 0.4) is 0 Å². The van der Waals surface area contributed by atoms with E-state index in [0.717, 1.165) is 121 Å². The highest BCUT2D eigenvalue weighted by Gasteiger charge is 2.30. The summed E-state index contributed by atoms with van der Waals surface area (Å²) in [5.74, 6) is 0.169. The second-order valence-electron chi connectivity index (χ2n) is 28.6. The molecule has 97 heavy (non-hydrogen) atoms. The fourth-order valence-electron chi connectivity index (χ4n) is 11.4. The zero-order valence-corrected chi connectivity index (χ0v) is 64.8. The molecule has 0 radical (unpaired) electrons. The minimum Gasteiger partial charge on any atom is -0.462 e. The highest BCUT2D eigenvalue weighted by Crippen LogP contribution is 2.45. The Kier molecular flexibility index (Phi) is 66.3. The van der Waals surface area contributed by atoms with Crippen molar-refractivity contribution in [3.63, 3.8) is 0 Å². The number of unbranched alkanes of at least 4 members (excludes halogenated alkanes) is 38. The van der Waals surface area contributed by atoms with Crippen molar-refractivity contribution in [1.82, 2.24) is 0 Å². The maximum atomic E-state index is 13.1. The van der Waals surface area contributed by atoms with Crippen LogP contribution in [0.15, 0.2) is 24.3 Å². The monoisotopic (exact) mass is 1420 g/mol. The predicted molar refractivity (Wildman–Crippen MR) is 395 cm³/mol. The van der Waals surface area contributed by atoms with Crippen molar-refractivity contribution in [3.05, 3.63) is 24.3 Å². The largest absolute Gasteiger partial charge is 0.472 e. The number of aliphatic hydroxyl groups excluding tert-OH is 1. The van der Waals surface area contributed by atoms with Gasteiger partial charge in [0.15, 0.2) is 12.2 Å². The molecular weight excluding hydrogens is 1270 g/mol. The molecular formula is C78H148O17P2. The van der Waals surface area contributed by atoms with Gasteiger partial charge in [-0.1, -0.05) is 323 Å². The van der Waals surface area contributed by atoms with E-state index in [0.29, 0.717) is 31.6 Å². The van der Waals surface area contributed by atoms with Crippen molar-refractivity contribution in [2.45, 2.75) is 394 Å². The fraction of sp³-hybridized carbons (Fsp3) is 0.897. The summed E-state index contributed by atoms with van der Waals surface area (Å²) in [6, 6.07) is 0. The Balaban J connectivity index is 5.28. The predicted octanol–water partition coefficient (Wildman–Crippen LogP) is 22.5. The highest BCUT2D eigenvalue weighted by molar-refractivity contribution is 7.47. The number of phosphoric acid groups is 2. The van der Waals surface area contributed by atoms with Gasteiger partial charge in [0.1, 0.15) is 19.3 Å². The van der Waals surface area contributed by atoms with Crippen LogP contribution < -0.4 is 0 Å². The highest BCUT2D eigenvalue weighted by atomic mass is 31.2. The van der Waals surface area contributed by atoms with Gasteiger partial charge >= 0.3 is 39.5 Å². The molecule has 0 rings (SSSR count). The van der Waals surface area contributed by atoms with Gasteiger partial charge in [0.05, 0.1) is 26.4 Å². The number of carbonyl (C=O) groups is 4. The molecule has 4 unspecified atom stereocenters. The van der Waals surface area contributed by atoms with E-state index in [1.54, 1.807) is 0 Å². The summed E-state index contributed by atoms with van der Waals surface area (Å²) in [4.78, 5) is 72.9. The van der Waals surface area contributed by atoms with E-state index in [4.69, 9.17) is 37.0 Å². The summed E-state index contributed by atoms with van der Waals surface area (Å²) in [7, 11) is -9.93. The molecule has 19 heteroatoms. The van der Waals surface area contributed by atoms with Crippen LogP contribution >= 0.6 is 15.6 Å². The Bertz CT molecular complexity index is 1980. The first-order chi connectivity index (χ1) is 46.8. The normalized spacial score (nSPS) is 14.5. The SMILES string of the molecule is CCCCCC/C=C\C=C/CCCCCCCC(=O)O[C@H](COC(=O)CCCCCCCCCC(C)C)COP(=O)(O)OCC(O)COP(=O)(O)OC[C@@H](COC(=O)CCCCCCCCCCCCCC(C)C)OC(=O)CCCCCCCCCCCCCCCCC(C)CC. The van der Waals surface area contributed by atoms with Gasteiger partial charge in [0.2, 0.25) is 0 Å². The first-order valence-corrected chi connectivity index (χ1v) is 42.7. The van der Waals surface area contributed by atoms with Crippen LogP contribution in [0, 0.1) is 17.8 Å². The molecule has 0 aliphatic carbocycles. The Morgan fingerprint density at radius 2 is 0.608 bits per heavy atom. The standard InChI is InChI=1S/C78H148O17P2/c1-8-10-11-12-13-14-15-16-17-21-26-32-39-47-54-61-78(83)95-74(66-89-76(81)60-53-46-41-34-36-43-50-57-70(5)6)68-93-97(86,87)91-64-72(79)63-90-96(84,85)92-67-73(65-88-75(80)59-52-45-38-31-28-23-24-29-35-42-49-56-69(3)4)94-77(82)62-55-48-40-33-27-22-19-18-20-25-30-37-44-51-58-71(7)9-2/h14-17,69-74,79H,8-13,18-68H2,1-7H3,(H,84,85)(H,86,87)/b15-14-,17-16-/t71?,72?,73-,74-/m1/s1. The summed E-state index contributed by atoms with van der Waals surface area (Å²) in [6.45, 7) is 11.8. The summed E-state index contributed by atoms with van der Waals surface area (Å²) >= 11 is 0. The van der Waals surface area contributed by atoms with Crippen molar-refractivity contribution in [2.75, 3.05) is 39.6 Å². The van der Waals surface area contributed by atoms with Gasteiger partial charge < -0.3 is 33.8 Å². The van der Waals surface area contributed by atoms with E-state index in [2.05, 4.69) is 72.8 Å². The molecule has 0 fully saturated rings. The number of hydrogen-bond donors (Lipinski definition) is 3. The summed E-state index contributed by atoms with van der Waals surface area (Å²) in [5, 5.41) is 10.6. The number of ether oxygens (including phenoxy) is 4. The number of phosphoric ester groups is 2. The van der Waals surface area contributed by atoms with Crippen LogP contribution in [0.25, 0.3) is 0 Å². The van der Waals surface area contributed by atoms with Crippen LogP contribution in [0.1, 0.15) is 376 Å². The van der Waals surface area contributed by atoms with Crippen molar-refractivity contribution in [1.29, 1.82) is 0 Å². The Hall–Kier alpha value is -2.46. The first-order valence-electron chi connectivity index (χ1n) is 39.7. The molecule has 0 aliphatic rings. The molecule has 572 valence electrons. The maximum absolute atomic E-state index is 13.1. The van der Waals surface area contributed by atoms with Crippen molar-refractivity contribution < 1.29 is 80.2 Å². The Labute approximate surface area is 592 Å². The molecule has 0 saturated heterocycles. The quantitative estimate of drug-likeness (QED) is 0.0169. The first kappa shape index (κ1) is 94.5. The third kappa shape index (κ3) is 70.4. The molecule has 0 bridgehead atoms. The molecule has 0 saturated carbocycles. The lowest BCUT2D eigenvalue weighted by Crippen LogP contribution is -2.30. The lowest BCUT2D eigenvalue weighted by molar-refractivity contribution is -0.161. The zero-order valence-electron chi connectivity index (χ0n) is 63.0. The van der Waals surface area contributed by atoms with Crippen LogP contribution in [0.2, 0.25) is 0 Å². The second-order valence-corrected chi connectivity index (χ2v) is 31.5. The number of rotatable bonds is 74. The number of carbonyl (C=O) groups excluding carboxylic acids is 4. The lowest BCUT2D eigenvalue weighted by atomic mass is 9.99. The van der Waals surface area contributed by atoms with Crippen molar-refractivity contribution >= 4 is 39.5 Å². The van der Waals surface area contributed by atoms with Crippen molar-refractivity contribution in [3.8, 4) is 0 Å². The zero-order chi connectivity index (χ0) is 71.6. The summed E-state index contributed by atoms with van der Waals surface area (Å²) in [5.41, 5.74) is 0. The van der Waals surface area contributed by atoms with E-state index < -0.39 is 97.5 Å². The van der Waals surface area contributed by atoms with E-state index in [1.165, 1.54) is 167 Å². The Morgan fingerprint density at radius 3 is 0.918 bits per heavy atom. The molecule has 0 aromatic carbocycles. The molecule has 0 aromatic heterocycles. The minimum absolute atomic E-state index is 0.0840. The molecule has 0 heterocycles. The summed E-state index contributed by atoms with van der Waals surface area (Å²) in [6.07, 6.45) is 57.7. The van der Waals surface area contributed by atoms with Gasteiger partial charge in [-0.15, -0.1) is 0 Å². The fourth-order valence-corrected chi connectivity index (χ4v) is 13.0. The van der Waals surface area contributed by atoms with E-state index in [9.17, 15) is 43.2 Å². The van der Waals surface area contributed by atoms with E-state index >= 15 is 0 Å². The second kappa shape index (κ2) is 68.0.